The van der Waals surface area contributed by atoms with Crippen molar-refractivity contribution in [1.29, 1.82) is 0 Å². The molecule has 0 bridgehead atoms. The number of carbonyl (C=O) groups excluding carboxylic acids is 1. The number of nitrogens with zero attached hydrogens (tertiary/aromatic N) is 1. The van der Waals surface area contributed by atoms with E-state index in [-0.39, 0.29) is 12.5 Å². The first-order valence-electron chi connectivity index (χ1n) is 8.83. The summed E-state index contributed by atoms with van der Waals surface area (Å²) in [5, 5.41) is 11.8. The summed E-state index contributed by atoms with van der Waals surface area (Å²) < 4.78 is 10.9. The monoisotopic (exact) mass is 364 g/mol. The predicted molar refractivity (Wildman–Crippen MR) is 96.9 cm³/mol. The normalized spacial score (nSPS) is 19.6. The van der Waals surface area contributed by atoms with E-state index >= 15 is 0 Å². The maximum absolute atomic E-state index is 11.9. The molecule has 1 heterocycles. The number of rotatable bonds is 6. The van der Waals surface area contributed by atoms with Gasteiger partial charge in [0, 0.05) is 26.1 Å². The van der Waals surface area contributed by atoms with Gasteiger partial charge in [0.15, 0.2) is 0 Å². The molecule has 0 radical (unpaired) electrons. The van der Waals surface area contributed by atoms with Crippen LogP contribution in [0.3, 0.4) is 0 Å². The van der Waals surface area contributed by atoms with Crippen LogP contribution in [0.15, 0.2) is 30.3 Å². The number of morpholine rings is 1. The van der Waals surface area contributed by atoms with Crippen LogP contribution in [-0.2, 0) is 20.8 Å². The smallest absolute Gasteiger partial charge is 0.408 e. The van der Waals surface area contributed by atoms with Crippen molar-refractivity contribution < 1.29 is 24.2 Å². The maximum atomic E-state index is 11.9. The van der Waals surface area contributed by atoms with Gasteiger partial charge in [0.2, 0.25) is 0 Å². The molecule has 0 aromatic heterocycles. The SMILES string of the molecule is CC(C)(C)OC(=O)N[C@@H](CC1CN(Cc2ccccc2)CCO1)C(=O)O. The number of carboxylic acids is 1. The van der Waals surface area contributed by atoms with Gasteiger partial charge in [-0.3, -0.25) is 4.90 Å². The van der Waals surface area contributed by atoms with Crippen molar-refractivity contribution in [2.45, 2.75) is 51.5 Å². The van der Waals surface area contributed by atoms with E-state index in [1.165, 1.54) is 5.56 Å². The zero-order chi connectivity index (χ0) is 19.2. The molecule has 1 aliphatic heterocycles. The number of ether oxygens (including phenoxy) is 2. The van der Waals surface area contributed by atoms with Gasteiger partial charge in [0.05, 0.1) is 12.7 Å². The lowest BCUT2D eigenvalue weighted by Crippen LogP contribution is -2.49. The number of benzene rings is 1. The van der Waals surface area contributed by atoms with Crippen LogP contribution in [0, 0.1) is 0 Å². The minimum absolute atomic E-state index is 0.194. The molecule has 1 aromatic carbocycles. The standard InChI is InChI=1S/C19H28N2O5/c1-19(2,3)26-18(24)20-16(17(22)23)11-15-13-21(9-10-25-15)12-14-7-5-4-6-8-14/h4-8,15-16H,9-13H2,1-3H3,(H,20,24)(H,22,23)/t15?,16-/m0/s1. The number of alkyl carbamates (subject to hydrolysis) is 1. The molecule has 1 unspecified atom stereocenters. The van der Waals surface area contributed by atoms with E-state index in [2.05, 4.69) is 22.3 Å². The molecule has 2 atom stereocenters. The quantitative estimate of drug-likeness (QED) is 0.805. The lowest BCUT2D eigenvalue weighted by molar-refractivity contribution is -0.141. The zero-order valence-electron chi connectivity index (χ0n) is 15.6. The molecule has 7 heteroatoms. The van der Waals surface area contributed by atoms with E-state index in [1.54, 1.807) is 20.8 Å². The average Bonchev–Trinajstić information content (AvgIpc) is 2.53. The van der Waals surface area contributed by atoms with Crippen LogP contribution in [0.4, 0.5) is 4.79 Å². The van der Waals surface area contributed by atoms with Crippen LogP contribution < -0.4 is 5.32 Å². The van der Waals surface area contributed by atoms with Crippen molar-refractivity contribution in [3.05, 3.63) is 35.9 Å². The minimum atomic E-state index is -1.10. The van der Waals surface area contributed by atoms with Gasteiger partial charge in [-0.1, -0.05) is 30.3 Å². The van der Waals surface area contributed by atoms with Gasteiger partial charge < -0.3 is 19.9 Å². The molecule has 1 aliphatic rings. The van der Waals surface area contributed by atoms with Crippen LogP contribution in [0.5, 0.6) is 0 Å². The Morgan fingerprint density at radius 1 is 1.35 bits per heavy atom. The Labute approximate surface area is 154 Å². The molecule has 0 saturated carbocycles. The van der Waals surface area contributed by atoms with Crippen molar-refractivity contribution in [2.75, 3.05) is 19.7 Å². The molecule has 0 aliphatic carbocycles. The Morgan fingerprint density at radius 3 is 2.65 bits per heavy atom. The second-order valence-electron chi connectivity index (χ2n) is 7.49. The molecule has 1 aromatic rings. The van der Waals surface area contributed by atoms with Crippen LogP contribution in [-0.4, -0.2) is 59.5 Å². The first-order chi connectivity index (χ1) is 12.2. The summed E-state index contributed by atoms with van der Waals surface area (Å²) in [6, 6.07) is 9.05. The van der Waals surface area contributed by atoms with Gasteiger partial charge in [0.25, 0.3) is 0 Å². The molecule has 1 fully saturated rings. The molecule has 2 N–H and O–H groups in total. The van der Waals surface area contributed by atoms with Gasteiger partial charge in [-0.05, 0) is 26.3 Å². The highest BCUT2D eigenvalue weighted by Crippen LogP contribution is 2.15. The summed E-state index contributed by atoms with van der Waals surface area (Å²) in [5.74, 6) is -1.10. The first kappa shape index (κ1) is 20.2. The van der Waals surface area contributed by atoms with E-state index in [9.17, 15) is 14.7 Å². The van der Waals surface area contributed by atoms with E-state index in [0.29, 0.717) is 13.2 Å². The number of hydrogen-bond donors (Lipinski definition) is 2. The summed E-state index contributed by atoms with van der Waals surface area (Å²) >= 11 is 0. The number of aliphatic carboxylic acids is 1. The molecule has 1 saturated heterocycles. The molecule has 0 spiro atoms. The lowest BCUT2D eigenvalue weighted by atomic mass is 10.1. The Bertz CT molecular complexity index is 600. The Hall–Kier alpha value is -2.12. The van der Waals surface area contributed by atoms with E-state index in [4.69, 9.17) is 9.47 Å². The fraction of sp³-hybridized carbons (Fsp3) is 0.579. The van der Waals surface area contributed by atoms with Crippen LogP contribution >= 0.6 is 0 Å². The molecule has 1 amide bonds. The third kappa shape index (κ3) is 7.01. The lowest BCUT2D eigenvalue weighted by Gasteiger charge is -2.34. The number of carbonyl (C=O) groups is 2. The third-order valence-corrected chi connectivity index (χ3v) is 3.96. The molecular weight excluding hydrogens is 336 g/mol. The highest BCUT2D eigenvalue weighted by atomic mass is 16.6. The minimum Gasteiger partial charge on any atom is -0.480 e. The highest BCUT2D eigenvalue weighted by molar-refractivity contribution is 5.80. The fourth-order valence-corrected chi connectivity index (χ4v) is 2.84. The molecule has 144 valence electrons. The van der Waals surface area contributed by atoms with Crippen LogP contribution in [0.1, 0.15) is 32.8 Å². The molecule has 2 rings (SSSR count). The van der Waals surface area contributed by atoms with Crippen LogP contribution in [0.2, 0.25) is 0 Å². The highest BCUT2D eigenvalue weighted by Gasteiger charge is 2.29. The van der Waals surface area contributed by atoms with E-state index in [0.717, 1.165) is 13.1 Å². The van der Waals surface area contributed by atoms with Crippen molar-refractivity contribution in [3.8, 4) is 0 Å². The maximum Gasteiger partial charge on any atom is 0.408 e. The van der Waals surface area contributed by atoms with Gasteiger partial charge in [-0.15, -0.1) is 0 Å². The molecule has 7 nitrogen and oxygen atoms in total. The number of nitrogens with one attached hydrogen (secondary N) is 1. The first-order valence-corrected chi connectivity index (χ1v) is 8.83. The second-order valence-corrected chi connectivity index (χ2v) is 7.49. The van der Waals surface area contributed by atoms with Crippen molar-refractivity contribution in [2.24, 2.45) is 0 Å². The van der Waals surface area contributed by atoms with Gasteiger partial charge in [-0.25, -0.2) is 9.59 Å². The van der Waals surface area contributed by atoms with Crippen molar-refractivity contribution in [1.82, 2.24) is 10.2 Å². The number of hydrogen-bond acceptors (Lipinski definition) is 5. The Morgan fingerprint density at radius 2 is 2.04 bits per heavy atom. The average molecular weight is 364 g/mol. The van der Waals surface area contributed by atoms with Crippen molar-refractivity contribution in [3.63, 3.8) is 0 Å². The van der Waals surface area contributed by atoms with Crippen molar-refractivity contribution >= 4 is 12.1 Å². The fourth-order valence-electron chi connectivity index (χ4n) is 2.84. The zero-order valence-corrected chi connectivity index (χ0v) is 15.6. The summed E-state index contributed by atoms with van der Waals surface area (Å²) in [5.41, 5.74) is 0.524. The predicted octanol–water partition coefficient (Wildman–Crippen LogP) is 2.26. The topological polar surface area (TPSA) is 88.1 Å². The summed E-state index contributed by atoms with van der Waals surface area (Å²) in [6.07, 6.45) is -0.801. The van der Waals surface area contributed by atoms with Gasteiger partial charge in [-0.2, -0.15) is 0 Å². The Kier molecular flexibility index (Phi) is 6.99. The number of amides is 1. The largest absolute Gasteiger partial charge is 0.480 e. The summed E-state index contributed by atoms with van der Waals surface area (Å²) in [7, 11) is 0. The summed E-state index contributed by atoms with van der Waals surface area (Å²) in [4.78, 5) is 25.6. The third-order valence-electron chi connectivity index (χ3n) is 3.96. The van der Waals surface area contributed by atoms with E-state index in [1.807, 2.05) is 18.2 Å². The Balaban J connectivity index is 1.89. The van der Waals surface area contributed by atoms with E-state index < -0.39 is 23.7 Å². The van der Waals surface area contributed by atoms with Crippen LogP contribution in [0.25, 0.3) is 0 Å². The molecule has 26 heavy (non-hydrogen) atoms. The molecular formula is C19H28N2O5. The second kappa shape index (κ2) is 9.00. The number of carboxylic acid groups (broad SMARTS) is 1. The van der Waals surface area contributed by atoms with Gasteiger partial charge >= 0.3 is 12.1 Å². The van der Waals surface area contributed by atoms with Gasteiger partial charge in [0.1, 0.15) is 11.6 Å². The summed E-state index contributed by atoms with van der Waals surface area (Å²) in [6.45, 7) is 7.93.